The van der Waals surface area contributed by atoms with Crippen LogP contribution in [0.1, 0.15) is 18.1 Å². The number of thiophene rings is 1. The van der Waals surface area contributed by atoms with Crippen molar-refractivity contribution in [2.24, 2.45) is 0 Å². The number of hydrogen-bond acceptors (Lipinski definition) is 4. The van der Waals surface area contributed by atoms with Crippen molar-refractivity contribution in [3.63, 3.8) is 0 Å². The van der Waals surface area contributed by atoms with Gasteiger partial charge in [0, 0.05) is 6.54 Å². The van der Waals surface area contributed by atoms with Crippen molar-refractivity contribution in [2.75, 3.05) is 6.54 Å². The van der Waals surface area contributed by atoms with Gasteiger partial charge in [0.1, 0.15) is 10.0 Å². The fourth-order valence-electron chi connectivity index (χ4n) is 1.67. The number of aliphatic hydroxyl groups is 1. The van der Waals surface area contributed by atoms with Gasteiger partial charge in [-0.1, -0.05) is 18.2 Å². The molecule has 20 heavy (non-hydrogen) atoms. The molecule has 0 amide bonds. The van der Waals surface area contributed by atoms with Crippen molar-refractivity contribution in [1.29, 1.82) is 0 Å². The summed E-state index contributed by atoms with van der Waals surface area (Å²) in [5.41, 5.74) is 0.557. The standard InChI is InChI=1S/C13H14FNO3S2/c14-11-5-3-10(4-6-11)12(16)7-8-15-20(17,18)13-2-1-9-19-13/h1-6,9,12,15-16H,7-8H2. The summed E-state index contributed by atoms with van der Waals surface area (Å²) in [5, 5.41) is 11.6. The van der Waals surface area contributed by atoms with Gasteiger partial charge in [0.05, 0.1) is 6.10 Å². The molecule has 0 radical (unpaired) electrons. The predicted octanol–water partition coefficient (Wildman–Crippen LogP) is 2.29. The van der Waals surface area contributed by atoms with E-state index in [2.05, 4.69) is 4.72 Å². The van der Waals surface area contributed by atoms with E-state index in [1.54, 1.807) is 11.4 Å². The van der Waals surface area contributed by atoms with E-state index in [9.17, 15) is 17.9 Å². The third-order valence-electron chi connectivity index (χ3n) is 2.72. The Bertz CT molecular complexity index is 639. The molecule has 0 aliphatic heterocycles. The Morgan fingerprint density at radius 1 is 1.25 bits per heavy atom. The van der Waals surface area contributed by atoms with Gasteiger partial charge in [-0.05, 0) is 35.6 Å². The molecule has 0 saturated carbocycles. The zero-order valence-corrected chi connectivity index (χ0v) is 12.1. The van der Waals surface area contributed by atoms with Crippen molar-refractivity contribution >= 4 is 21.4 Å². The van der Waals surface area contributed by atoms with E-state index in [4.69, 9.17) is 0 Å². The Balaban J connectivity index is 1.88. The summed E-state index contributed by atoms with van der Waals surface area (Å²) in [6, 6.07) is 8.65. The molecule has 0 spiro atoms. The first-order valence-electron chi connectivity index (χ1n) is 5.96. The summed E-state index contributed by atoms with van der Waals surface area (Å²) in [6.07, 6.45) is -0.613. The second-order valence-electron chi connectivity index (χ2n) is 4.19. The van der Waals surface area contributed by atoms with E-state index in [1.165, 1.54) is 30.3 Å². The van der Waals surface area contributed by atoms with Gasteiger partial charge in [0.2, 0.25) is 10.0 Å². The molecule has 1 atom stereocenters. The van der Waals surface area contributed by atoms with Crippen LogP contribution in [-0.4, -0.2) is 20.1 Å². The first-order valence-corrected chi connectivity index (χ1v) is 8.32. The van der Waals surface area contributed by atoms with Gasteiger partial charge in [-0.25, -0.2) is 17.5 Å². The van der Waals surface area contributed by atoms with Gasteiger partial charge < -0.3 is 5.11 Å². The summed E-state index contributed by atoms with van der Waals surface area (Å²) in [5.74, 6) is -0.376. The molecule has 1 aromatic carbocycles. The fraction of sp³-hybridized carbons (Fsp3) is 0.231. The van der Waals surface area contributed by atoms with Crippen molar-refractivity contribution in [3.8, 4) is 0 Å². The van der Waals surface area contributed by atoms with Crippen LogP contribution < -0.4 is 4.72 Å². The first kappa shape index (κ1) is 15.1. The molecule has 1 heterocycles. The Morgan fingerprint density at radius 3 is 2.55 bits per heavy atom. The Kier molecular flexibility index (Phi) is 4.87. The second-order valence-corrected chi connectivity index (χ2v) is 7.13. The highest BCUT2D eigenvalue weighted by molar-refractivity contribution is 7.91. The van der Waals surface area contributed by atoms with Gasteiger partial charge >= 0.3 is 0 Å². The Labute approximate surface area is 120 Å². The lowest BCUT2D eigenvalue weighted by Gasteiger charge is -2.11. The summed E-state index contributed by atoms with van der Waals surface area (Å²) in [4.78, 5) is 0. The van der Waals surface area contributed by atoms with E-state index in [0.717, 1.165) is 11.3 Å². The van der Waals surface area contributed by atoms with Gasteiger partial charge in [-0.15, -0.1) is 11.3 Å². The molecule has 2 aromatic rings. The zero-order chi connectivity index (χ0) is 14.6. The van der Waals surface area contributed by atoms with Crippen LogP contribution >= 0.6 is 11.3 Å². The SMILES string of the molecule is O=S(=O)(NCCC(O)c1ccc(F)cc1)c1cccs1. The minimum atomic E-state index is -3.50. The van der Waals surface area contributed by atoms with Crippen molar-refractivity contribution in [1.82, 2.24) is 4.72 Å². The number of benzene rings is 1. The fourth-order valence-corrected chi connectivity index (χ4v) is 3.75. The molecule has 7 heteroatoms. The van der Waals surface area contributed by atoms with Crippen LogP contribution in [0.2, 0.25) is 0 Å². The van der Waals surface area contributed by atoms with Crippen molar-refractivity contribution in [3.05, 3.63) is 53.2 Å². The third-order valence-corrected chi connectivity index (χ3v) is 5.58. The highest BCUT2D eigenvalue weighted by Gasteiger charge is 2.15. The first-order chi connectivity index (χ1) is 9.49. The normalized spacial score (nSPS) is 13.3. The summed E-state index contributed by atoms with van der Waals surface area (Å²) < 4.78 is 39.1. The van der Waals surface area contributed by atoms with Crippen LogP contribution in [0.4, 0.5) is 4.39 Å². The van der Waals surface area contributed by atoms with Gasteiger partial charge in [0.15, 0.2) is 0 Å². The zero-order valence-electron chi connectivity index (χ0n) is 10.5. The largest absolute Gasteiger partial charge is 0.388 e. The summed E-state index contributed by atoms with van der Waals surface area (Å²) >= 11 is 1.13. The molecular formula is C13H14FNO3S2. The molecule has 0 bridgehead atoms. The number of nitrogens with one attached hydrogen (secondary N) is 1. The van der Waals surface area contributed by atoms with E-state index in [1.807, 2.05) is 0 Å². The van der Waals surface area contributed by atoms with Crippen LogP contribution in [0.15, 0.2) is 46.0 Å². The maximum Gasteiger partial charge on any atom is 0.250 e. The summed E-state index contributed by atoms with van der Waals surface area (Å²) in [6.45, 7) is 0.110. The van der Waals surface area contributed by atoms with E-state index in [0.29, 0.717) is 5.56 Å². The molecule has 0 fully saturated rings. The number of rotatable bonds is 6. The van der Waals surface area contributed by atoms with Crippen LogP contribution in [-0.2, 0) is 10.0 Å². The molecular weight excluding hydrogens is 301 g/mol. The van der Waals surface area contributed by atoms with Crippen molar-refractivity contribution in [2.45, 2.75) is 16.7 Å². The van der Waals surface area contributed by atoms with Crippen LogP contribution in [0, 0.1) is 5.82 Å². The number of halogens is 1. The van der Waals surface area contributed by atoms with E-state index < -0.39 is 16.1 Å². The quantitative estimate of drug-likeness (QED) is 0.859. The van der Waals surface area contributed by atoms with Crippen LogP contribution in [0.25, 0.3) is 0 Å². The lowest BCUT2D eigenvalue weighted by Crippen LogP contribution is -2.25. The minimum absolute atomic E-state index is 0.110. The molecule has 0 saturated heterocycles. The number of sulfonamides is 1. The highest BCUT2D eigenvalue weighted by Crippen LogP contribution is 2.18. The van der Waals surface area contributed by atoms with E-state index in [-0.39, 0.29) is 23.0 Å². The monoisotopic (exact) mass is 315 g/mol. The average Bonchev–Trinajstić information content (AvgIpc) is 2.94. The lowest BCUT2D eigenvalue weighted by atomic mass is 10.1. The smallest absolute Gasteiger partial charge is 0.250 e. The molecule has 2 rings (SSSR count). The Morgan fingerprint density at radius 2 is 1.95 bits per heavy atom. The molecule has 1 aromatic heterocycles. The highest BCUT2D eigenvalue weighted by atomic mass is 32.2. The number of aliphatic hydroxyl groups excluding tert-OH is 1. The minimum Gasteiger partial charge on any atom is -0.388 e. The third kappa shape index (κ3) is 3.86. The van der Waals surface area contributed by atoms with Crippen LogP contribution in [0.3, 0.4) is 0 Å². The van der Waals surface area contributed by atoms with Gasteiger partial charge in [0.25, 0.3) is 0 Å². The molecule has 2 N–H and O–H groups in total. The van der Waals surface area contributed by atoms with Crippen molar-refractivity contribution < 1.29 is 17.9 Å². The average molecular weight is 315 g/mol. The molecule has 0 aliphatic carbocycles. The molecule has 0 aliphatic rings. The predicted molar refractivity (Wildman–Crippen MR) is 75.5 cm³/mol. The molecule has 1 unspecified atom stereocenters. The maximum atomic E-state index is 12.7. The lowest BCUT2D eigenvalue weighted by molar-refractivity contribution is 0.169. The van der Waals surface area contributed by atoms with Gasteiger partial charge in [-0.2, -0.15) is 0 Å². The topological polar surface area (TPSA) is 66.4 Å². The molecule has 4 nitrogen and oxygen atoms in total. The van der Waals surface area contributed by atoms with Gasteiger partial charge in [-0.3, -0.25) is 0 Å². The second kappa shape index (κ2) is 6.45. The Hall–Kier alpha value is -1.28. The van der Waals surface area contributed by atoms with Crippen LogP contribution in [0.5, 0.6) is 0 Å². The number of hydrogen-bond donors (Lipinski definition) is 2. The summed E-state index contributed by atoms with van der Waals surface area (Å²) in [7, 11) is -3.50. The maximum absolute atomic E-state index is 12.7. The molecule has 108 valence electrons. The van der Waals surface area contributed by atoms with E-state index >= 15 is 0 Å².